The van der Waals surface area contributed by atoms with Gasteiger partial charge in [0.15, 0.2) is 6.61 Å². The zero-order valence-electron chi connectivity index (χ0n) is 15.2. The van der Waals surface area contributed by atoms with E-state index in [9.17, 15) is 9.59 Å². The van der Waals surface area contributed by atoms with Gasteiger partial charge >= 0.3 is 0 Å². The van der Waals surface area contributed by atoms with Crippen LogP contribution in [-0.4, -0.2) is 23.6 Å². The van der Waals surface area contributed by atoms with E-state index in [1.807, 2.05) is 6.07 Å². The van der Waals surface area contributed by atoms with Gasteiger partial charge in [0, 0.05) is 5.56 Å². The zero-order chi connectivity index (χ0) is 20.8. The van der Waals surface area contributed by atoms with Crippen molar-refractivity contribution in [3.05, 3.63) is 70.4 Å². The highest BCUT2D eigenvalue weighted by atomic mass is 35.5. The van der Waals surface area contributed by atoms with Gasteiger partial charge in [0.05, 0.1) is 16.7 Å². The quantitative estimate of drug-likeness (QED) is 0.624. The van der Waals surface area contributed by atoms with Crippen LogP contribution in [0.25, 0.3) is 11.3 Å². The van der Waals surface area contributed by atoms with Gasteiger partial charge in [-0.25, -0.2) is 0 Å². The molecule has 29 heavy (non-hydrogen) atoms. The van der Waals surface area contributed by atoms with Crippen molar-refractivity contribution in [2.75, 3.05) is 6.61 Å². The average Bonchev–Trinajstić information content (AvgIpc) is 3.12. The number of aryl methyl sites for hydroxylation is 1. The van der Waals surface area contributed by atoms with E-state index >= 15 is 0 Å². The molecule has 2 N–H and O–H groups in total. The van der Waals surface area contributed by atoms with E-state index in [-0.39, 0.29) is 23.6 Å². The van der Waals surface area contributed by atoms with Crippen LogP contribution in [-0.2, 0) is 4.79 Å². The lowest BCUT2D eigenvalue weighted by Crippen LogP contribution is -2.44. The highest BCUT2D eigenvalue weighted by Crippen LogP contribution is 2.30. The van der Waals surface area contributed by atoms with Gasteiger partial charge in [-0.3, -0.25) is 20.4 Å². The molecule has 0 unspecified atom stereocenters. The van der Waals surface area contributed by atoms with Crippen LogP contribution in [0.3, 0.4) is 0 Å². The fourth-order valence-electron chi connectivity index (χ4n) is 2.48. The summed E-state index contributed by atoms with van der Waals surface area (Å²) in [6, 6.07) is 15.2. The maximum Gasteiger partial charge on any atom is 0.276 e. The number of nitriles is 1. The molecule has 0 aliphatic carbocycles. The van der Waals surface area contributed by atoms with Crippen molar-refractivity contribution >= 4 is 23.4 Å². The predicted molar refractivity (Wildman–Crippen MR) is 104 cm³/mol. The van der Waals surface area contributed by atoms with E-state index in [0.717, 1.165) is 0 Å². The van der Waals surface area contributed by atoms with Gasteiger partial charge in [-0.05, 0) is 37.3 Å². The minimum absolute atomic E-state index is 0.159. The van der Waals surface area contributed by atoms with Gasteiger partial charge in [0.1, 0.15) is 22.8 Å². The van der Waals surface area contributed by atoms with Gasteiger partial charge in [-0.1, -0.05) is 35.0 Å². The smallest absolute Gasteiger partial charge is 0.276 e. The van der Waals surface area contributed by atoms with Gasteiger partial charge in [-0.15, -0.1) is 0 Å². The molecule has 0 aliphatic rings. The summed E-state index contributed by atoms with van der Waals surface area (Å²) in [7, 11) is 0. The van der Waals surface area contributed by atoms with E-state index in [2.05, 4.69) is 16.0 Å². The molecule has 0 spiro atoms. The minimum Gasteiger partial charge on any atom is -0.484 e. The number of rotatable bonds is 5. The second-order valence-electron chi connectivity index (χ2n) is 5.87. The van der Waals surface area contributed by atoms with Gasteiger partial charge < -0.3 is 9.26 Å². The van der Waals surface area contributed by atoms with Crippen LogP contribution in [0.2, 0.25) is 5.02 Å². The molecule has 0 radical (unpaired) electrons. The van der Waals surface area contributed by atoms with Crippen molar-refractivity contribution in [2.45, 2.75) is 6.92 Å². The molecule has 1 heterocycles. The second-order valence-corrected chi connectivity index (χ2v) is 6.28. The highest BCUT2D eigenvalue weighted by molar-refractivity contribution is 6.33. The lowest BCUT2D eigenvalue weighted by atomic mass is 10.1. The third-order valence-electron chi connectivity index (χ3n) is 3.89. The number of aromatic nitrogens is 1. The van der Waals surface area contributed by atoms with Crippen molar-refractivity contribution in [3.63, 3.8) is 0 Å². The molecule has 8 nitrogen and oxygen atoms in total. The summed E-state index contributed by atoms with van der Waals surface area (Å²) in [5.41, 5.74) is 6.01. The minimum atomic E-state index is -0.606. The molecule has 0 aliphatic heterocycles. The SMILES string of the molecule is Cc1onc(-c2ccccc2Cl)c1C(=O)NNC(=O)COc1ccc(C#N)cc1. The van der Waals surface area contributed by atoms with E-state index in [4.69, 9.17) is 26.1 Å². The Balaban J connectivity index is 1.61. The molecule has 9 heteroatoms. The first-order chi connectivity index (χ1) is 14.0. The first-order valence-electron chi connectivity index (χ1n) is 8.43. The fraction of sp³-hybridized carbons (Fsp3) is 0.100. The molecule has 1 aromatic heterocycles. The first kappa shape index (κ1) is 19.9. The molecule has 0 atom stereocenters. The van der Waals surface area contributed by atoms with Crippen molar-refractivity contribution in [3.8, 4) is 23.1 Å². The third kappa shape index (κ3) is 4.72. The van der Waals surface area contributed by atoms with Crippen LogP contribution in [0, 0.1) is 18.3 Å². The van der Waals surface area contributed by atoms with Crippen molar-refractivity contribution in [2.24, 2.45) is 0 Å². The Morgan fingerprint density at radius 1 is 1.17 bits per heavy atom. The maximum absolute atomic E-state index is 12.5. The number of ether oxygens (including phenoxy) is 1. The summed E-state index contributed by atoms with van der Waals surface area (Å²) in [4.78, 5) is 24.5. The molecular weight excluding hydrogens is 396 g/mol. The van der Waals surface area contributed by atoms with Crippen LogP contribution < -0.4 is 15.6 Å². The van der Waals surface area contributed by atoms with E-state index in [1.54, 1.807) is 55.5 Å². The van der Waals surface area contributed by atoms with Gasteiger partial charge in [0.25, 0.3) is 11.8 Å². The van der Waals surface area contributed by atoms with Gasteiger partial charge in [-0.2, -0.15) is 5.26 Å². The monoisotopic (exact) mass is 410 g/mol. The summed E-state index contributed by atoms with van der Waals surface area (Å²) in [5, 5.41) is 13.1. The number of nitrogens with zero attached hydrogens (tertiary/aromatic N) is 2. The number of hydrazine groups is 1. The Hall–Kier alpha value is -3.83. The Labute approximate surface area is 171 Å². The van der Waals surface area contributed by atoms with Crippen molar-refractivity contribution in [1.82, 2.24) is 16.0 Å². The van der Waals surface area contributed by atoms with Crippen LogP contribution in [0.15, 0.2) is 53.1 Å². The Kier molecular flexibility index (Phi) is 6.12. The summed E-state index contributed by atoms with van der Waals surface area (Å²) in [5.74, 6) is -0.483. The standard InChI is InChI=1S/C20H15ClN4O4/c1-12-18(19(25-29-12)15-4-2-3-5-16(15)21)20(27)24-23-17(26)11-28-14-8-6-13(10-22)7-9-14/h2-9H,11H2,1H3,(H,23,26)(H,24,27). The molecule has 0 fully saturated rings. The number of hydrogen-bond acceptors (Lipinski definition) is 6. The number of halogens is 1. The molecule has 3 rings (SSSR count). The number of carbonyl (C=O) groups is 2. The Bertz CT molecular complexity index is 1090. The molecule has 146 valence electrons. The Morgan fingerprint density at radius 2 is 1.90 bits per heavy atom. The maximum atomic E-state index is 12.5. The zero-order valence-corrected chi connectivity index (χ0v) is 16.0. The van der Waals surface area contributed by atoms with Crippen LogP contribution >= 0.6 is 11.6 Å². The van der Waals surface area contributed by atoms with Crippen LogP contribution in [0.5, 0.6) is 5.75 Å². The van der Waals surface area contributed by atoms with Crippen molar-refractivity contribution in [1.29, 1.82) is 5.26 Å². The first-order valence-corrected chi connectivity index (χ1v) is 8.80. The second kappa shape index (κ2) is 8.91. The van der Waals surface area contributed by atoms with Gasteiger partial charge in [0.2, 0.25) is 0 Å². The number of nitrogens with one attached hydrogen (secondary N) is 2. The lowest BCUT2D eigenvalue weighted by Gasteiger charge is -2.09. The lowest BCUT2D eigenvalue weighted by molar-refractivity contribution is -0.123. The summed E-state index contributed by atoms with van der Waals surface area (Å²) < 4.78 is 10.4. The summed E-state index contributed by atoms with van der Waals surface area (Å²) in [6.07, 6.45) is 0. The molecule has 0 saturated heterocycles. The van der Waals surface area contributed by atoms with Crippen LogP contribution in [0.1, 0.15) is 21.7 Å². The van der Waals surface area contributed by atoms with Crippen molar-refractivity contribution < 1.29 is 18.8 Å². The molecule has 0 saturated carbocycles. The van der Waals surface area contributed by atoms with Crippen LogP contribution in [0.4, 0.5) is 0 Å². The topological polar surface area (TPSA) is 117 Å². The summed E-state index contributed by atoms with van der Waals surface area (Å²) >= 11 is 6.17. The summed E-state index contributed by atoms with van der Waals surface area (Å²) in [6.45, 7) is 1.25. The predicted octanol–water partition coefficient (Wildman–Crippen LogP) is 3.02. The number of carbonyl (C=O) groups excluding carboxylic acids is 2. The average molecular weight is 411 g/mol. The van der Waals surface area contributed by atoms with E-state index in [1.165, 1.54) is 0 Å². The number of benzene rings is 2. The fourth-order valence-corrected chi connectivity index (χ4v) is 2.70. The molecule has 2 aromatic carbocycles. The Morgan fingerprint density at radius 3 is 2.59 bits per heavy atom. The highest BCUT2D eigenvalue weighted by Gasteiger charge is 2.23. The molecule has 0 bridgehead atoms. The number of amides is 2. The molecule has 3 aromatic rings. The normalized spacial score (nSPS) is 10.1. The molecule has 2 amide bonds. The van der Waals surface area contributed by atoms with E-state index in [0.29, 0.717) is 21.9 Å². The largest absolute Gasteiger partial charge is 0.484 e. The molecular formula is C20H15ClN4O4. The van der Waals surface area contributed by atoms with E-state index < -0.39 is 11.8 Å². The third-order valence-corrected chi connectivity index (χ3v) is 4.22. The number of hydrogen-bond donors (Lipinski definition) is 2.